The lowest BCUT2D eigenvalue weighted by molar-refractivity contribution is -0.121. The highest BCUT2D eigenvalue weighted by Gasteiger charge is 2.43. The van der Waals surface area contributed by atoms with Crippen molar-refractivity contribution in [2.75, 3.05) is 31.6 Å². The van der Waals surface area contributed by atoms with Gasteiger partial charge in [0.05, 0.1) is 18.1 Å². The van der Waals surface area contributed by atoms with Crippen molar-refractivity contribution in [3.8, 4) is 0 Å². The molecule has 4 rings (SSSR count). The van der Waals surface area contributed by atoms with Gasteiger partial charge in [-0.15, -0.1) is 0 Å². The van der Waals surface area contributed by atoms with E-state index < -0.39 is 10.0 Å². The molecule has 25 heavy (non-hydrogen) atoms. The van der Waals surface area contributed by atoms with E-state index in [9.17, 15) is 13.2 Å². The normalized spacial score (nSPS) is 29.7. The first-order valence-corrected chi connectivity index (χ1v) is 10.5. The molecular formula is C18H24N2O4S. The Morgan fingerprint density at radius 2 is 1.80 bits per heavy atom. The van der Waals surface area contributed by atoms with E-state index in [1.54, 1.807) is 24.3 Å². The number of sulfonamides is 1. The Morgan fingerprint density at radius 1 is 1.08 bits per heavy atom. The van der Waals surface area contributed by atoms with Crippen LogP contribution >= 0.6 is 0 Å². The van der Waals surface area contributed by atoms with Crippen molar-refractivity contribution >= 4 is 21.6 Å². The molecule has 3 fully saturated rings. The summed E-state index contributed by atoms with van der Waals surface area (Å²) in [4.78, 5) is 12.7. The number of hydrogen-bond donors (Lipinski definition) is 1. The number of ether oxygens (including phenoxy) is 1. The number of fused-ring (bicyclic) bond motifs is 2. The number of carbonyl (C=O) groups excluding carboxylic acids is 1. The summed E-state index contributed by atoms with van der Waals surface area (Å²) in [7, 11) is -3.49. The Bertz CT molecular complexity index is 741. The molecule has 3 aliphatic rings. The van der Waals surface area contributed by atoms with Crippen LogP contribution in [0.5, 0.6) is 0 Å². The lowest BCUT2D eigenvalue weighted by atomic mass is 9.88. The number of anilines is 1. The largest absolute Gasteiger partial charge is 0.379 e. The molecule has 2 aliphatic carbocycles. The van der Waals surface area contributed by atoms with Crippen molar-refractivity contribution in [3.05, 3.63) is 24.3 Å². The smallest absolute Gasteiger partial charge is 0.243 e. The zero-order chi connectivity index (χ0) is 17.4. The van der Waals surface area contributed by atoms with Crippen molar-refractivity contribution in [1.82, 2.24) is 4.31 Å². The molecular weight excluding hydrogens is 340 g/mol. The zero-order valence-corrected chi connectivity index (χ0v) is 15.0. The fourth-order valence-corrected chi connectivity index (χ4v) is 5.86. The lowest BCUT2D eigenvalue weighted by Crippen LogP contribution is -2.40. The summed E-state index contributed by atoms with van der Waals surface area (Å²) < 4.78 is 31.9. The first-order chi connectivity index (χ1) is 12.0. The van der Waals surface area contributed by atoms with E-state index in [4.69, 9.17) is 4.74 Å². The van der Waals surface area contributed by atoms with Gasteiger partial charge in [-0.25, -0.2) is 8.42 Å². The molecule has 2 saturated carbocycles. The third-order valence-electron chi connectivity index (χ3n) is 5.80. The van der Waals surface area contributed by atoms with E-state index in [1.807, 2.05) is 0 Å². The van der Waals surface area contributed by atoms with Crippen molar-refractivity contribution in [3.63, 3.8) is 0 Å². The van der Waals surface area contributed by atoms with E-state index >= 15 is 0 Å². The molecule has 1 aromatic rings. The van der Waals surface area contributed by atoms with Gasteiger partial charge >= 0.3 is 0 Å². The first kappa shape index (κ1) is 17.0. The van der Waals surface area contributed by atoms with Crippen LogP contribution in [0.2, 0.25) is 0 Å². The van der Waals surface area contributed by atoms with Crippen LogP contribution in [-0.4, -0.2) is 44.9 Å². The second-order valence-electron chi connectivity index (χ2n) is 7.31. The van der Waals surface area contributed by atoms with E-state index in [2.05, 4.69) is 5.32 Å². The number of carbonyl (C=O) groups is 1. The predicted octanol–water partition coefficient (Wildman–Crippen LogP) is 2.08. The summed E-state index contributed by atoms with van der Waals surface area (Å²) in [5.41, 5.74) is 0.661. The Hall–Kier alpha value is -1.44. The second kappa shape index (κ2) is 6.70. The highest BCUT2D eigenvalue weighted by molar-refractivity contribution is 7.89. The van der Waals surface area contributed by atoms with Crippen LogP contribution in [0.15, 0.2) is 29.2 Å². The fraction of sp³-hybridized carbons (Fsp3) is 0.611. The van der Waals surface area contributed by atoms with Crippen LogP contribution in [0.1, 0.15) is 25.7 Å². The molecule has 1 aliphatic heterocycles. The Balaban J connectivity index is 1.42. The van der Waals surface area contributed by atoms with Gasteiger partial charge < -0.3 is 10.1 Å². The highest BCUT2D eigenvalue weighted by Crippen LogP contribution is 2.48. The summed E-state index contributed by atoms with van der Waals surface area (Å²) in [6, 6.07) is 6.50. The molecule has 136 valence electrons. The van der Waals surface area contributed by atoms with Gasteiger partial charge in [-0.2, -0.15) is 4.31 Å². The van der Waals surface area contributed by atoms with Gasteiger partial charge in [0.15, 0.2) is 0 Å². The van der Waals surface area contributed by atoms with E-state index in [0.29, 0.717) is 37.9 Å². The van der Waals surface area contributed by atoms with Crippen LogP contribution in [0.3, 0.4) is 0 Å². The number of nitrogens with one attached hydrogen (secondary N) is 1. The van der Waals surface area contributed by atoms with Crippen LogP contribution in [0, 0.1) is 17.8 Å². The minimum Gasteiger partial charge on any atom is -0.379 e. The highest BCUT2D eigenvalue weighted by atomic mass is 32.2. The fourth-order valence-electron chi connectivity index (χ4n) is 4.45. The quantitative estimate of drug-likeness (QED) is 0.888. The SMILES string of the molecule is O=C(Nc1ccc(S(=O)(=O)N2CCOCC2)cc1)C1CC2CCC1C2. The molecule has 6 nitrogen and oxygen atoms in total. The lowest BCUT2D eigenvalue weighted by Gasteiger charge is -2.26. The van der Waals surface area contributed by atoms with Gasteiger partial charge in [0.1, 0.15) is 0 Å². The molecule has 1 N–H and O–H groups in total. The molecule has 3 atom stereocenters. The number of amides is 1. The number of morpholine rings is 1. The first-order valence-electron chi connectivity index (χ1n) is 9.03. The third kappa shape index (κ3) is 3.32. The van der Waals surface area contributed by atoms with Crippen LogP contribution in [0.25, 0.3) is 0 Å². The van der Waals surface area contributed by atoms with Crippen LogP contribution < -0.4 is 5.32 Å². The average Bonchev–Trinajstić information content (AvgIpc) is 3.26. The molecule has 0 aromatic heterocycles. The van der Waals surface area contributed by atoms with Gasteiger partial charge in [0.25, 0.3) is 0 Å². The minimum atomic E-state index is -3.49. The minimum absolute atomic E-state index is 0.0796. The van der Waals surface area contributed by atoms with Crippen LogP contribution in [-0.2, 0) is 19.6 Å². The Kier molecular flexibility index (Phi) is 4.56. The maximum absolute atomic E-state index is 12.6. The monoisotopic (exact) mass is 364 g/mol. The molecule has 0 spiro atoms. The summed E-state index contributed by atoms with van der Waals surface area (Å²) >= 11 is 0. The maximum atomic E-state index is 12.6. The topological polar surface area (TPSA) is 75.7 Å². The molecule has 1 heterocycles. The van der Waals surface area contributed by atoms with Gasteiger partial charge in [-0.1, -0.05) is 6.42 Å². The summed E-state index contributed by atoms with van der Waals surface area (Å²) in [6.07, 6.45) is 4.62. The third-order valence-corrected chi connectivity index (χ3v) is 7.72. The molecule has 1 amide bonds. The number of hydrogen-bond acceptors (Lipinski definition) is 4. The molecule has 1 saturated heterocycles. The van der Waals surface area contributed by atoms with E-state index in [1.165, 1.54) is 23.6 Å². The molecule has 3 unspecified atom stereocenters. The standard InChI is InChI=1S/C18H24N2O4S/c21-18(17-12-13-1-2-14(17)11-13)19-15-3-5-16(6-4-15)25(22,23)20-7-9-24-10-8-20/h3-6,13-14,17H,1-2,7-12H2,(H,19,21). The number of nitrogens with zero attached hydrogens (tertiary/aromatic N) is 1. The average molecular weight is 364 g/mol. The van der Waals surface area contributed by atoms with Gasteiger partial charge in [-0.3, -0.25) is 4.79 Å². The molecule has 7 heteroatoms. The van der Waals surface area contributed by atoms with E-state index in [-0.39, 0.29) is 16.7 Å². The van der Waals surface area contributed by atoms with Crippen LogP contribution in [0.4, 0.5) is 5.69 Å². The molecule has 0 radical (unpaired) electrons. The molecule has 2 bridgehead atoms. The zero-order valence-electron chi connectivity index (χ0n) is 14.2. The van der Waals surface area contributed by atoms with Crippen molar-refractivity contribution in [2.45, 2.75) is 30.6 Å². The van der Waals surface area contributed by atoms with E-state index in [0.717, 1.165) is 12.3 Å². The summed E-state index contributed by atoms with van der Waals surface area (Å²) in [5.74, 6) is 1.46. The summed E-state index contributed by atoms with van der Waals surface area (Å²) in [6.45, 7) is 1.62. The van der Waals surface area contributed by atoms with Gasteiger partial charge in [0, 0.05) is 24.7 Å². The van der Waals surface area contributed by atoms with Gasteiger partial charge in [0.2, 0.25) is 15.9 Å². The number of rotatable bonds is 4. The van der Waals surface area contributed by atoms with Gasteiger partial charge in [-0.05, 0) is 55.4 Å². The Morgan fingerprint density at radius 3 is 2.40 bits per heavy atom. The predicted molar refractivity (Wildman–Crippen MR) is 93.6 cm³/mol. The number of benzene rings is 1. The van der Waals surface area contributed by atoms with Crippen molar-refractivity contribution in [1.29, 1.82) is 0 Å². The van der Waals surface area contributed by atoms with Crippen molar-refractivity contribution in [2.24, 2.45) is 17.8 Å². The second-order valence-corrected chi connectivity index (χ2v) is 9.25. The maximum Gasteiger partial charge on any atom is 0.243 e. The molecule has 1 aromatic carbocycles. The Labute approximate surface area is 148 Å². The summed E-state index contributed by atoms with van der Waals surface area (Å²) in [5, 5.41) is 2.96. The van der Waals surface area contributed by atoms with Crippen molar-refractivity contribution < 1.29 is 17.9 Å².